The predicted molar refractivity (Wildman–Crippen MR) is 108 cm³/mol. The number of benzene rings is 2. The van der Waals surface area contributed by atoms with Crippen LogP contribution in [0.15, 0.2) is 42.5 Å². The van der Waals surface area contributed by atoms with Gasteiger partial charge >= 0.3 is 0 Å². The highest BCUT2D eigenvalue weighted by atomic mass is 16.6. The summed E-state index contributed by atoms with van der Waals surface area (Å²) >= 11 is 0. The van der Waals surface area contributed by atoms with Gasteiger partial charge in [-0.05, 0) is 49.1 Å². The van der Waals surface area contributed by atoms with E-state index in [-0.39, 0.29) is 17.3 Å². The van der Waals surface area contributed by atoms with Crippen molar-refractivity contribution in [1.82, 2.24) is 4.90 Å². The normalized spacial score (nSPS) is 17.1. The highest BCUT2D eigenvalue weighted by molar-refractivity contribution is 6.05. The third-order valence-electron chi connectivity index (χ3n) is 5.01. The number of hydrogen-bond donors (Lipinski definition) is 1. The first-order chi connectivity index (χ1) is 13.5. The molecule has 2 aromatic carbocycles. The van der Waals surface area contributed by atoms with Crippen LogP contribution in [-0.2, 0) is 6.54 Å². The zero-order valence-corrected chi connectivity index (χ0v) is 16.2. The largest absolute Gasteiger partial charge is 0.495 e. The molecule has 148 valence electrons. The Bertz CT molecular complexity index is 851. The Hall–Kier alpha value is -2.93. The van der Waals surface area contributed by atoms with E-state index in [0.717, 1.165) is 25.6 Å². The standard InChI is InChI=1S/C21H25N3O4/c1-15-4-3-11-23(13-15)14-16-5-7-17(8-6-16)21(25)22-19-12-18(24(26)27)9-10-20(19)28-2/h5-10,12,15H,3-4,11,13-14H2,1-2H3,(H,22,25)/t15-/m0/s1. The van der Waals surface area contributed by atoms with Gasteiger partial charge in [-0.2, -0.15) is 0 Å². The number of nitro groups is 1. The van der Waals surface area contributed by atoms with Crippen LogP contribution in [0.25, 0.3) is 0 Å². The van der Waals surface area contributed by atoms with Gasteiger partial charge in [0.05, 0.1) is 17.7 Å². The first-order valence-electron chi connectivity index (χ1n) is 9.41. The van der Waals surface area contributed by atoms with Crippen molar-refractivity contribution in [2.24, 2.45) is 5.92 Å². The number of likely N-dealkylation sites (tertiary alicyclic amines) is 1. The van der Waals surface area contributed by atoms with Crippen molar-refractivity contribution in [3.8, 4) is 5.75 Å². The minimum absolute atomic E-state index is 0.109. The molecular weight excluding hydrogens is 358 g/mol. The molecule has 0 aromatic heterocycles. The molecule has 1 heterocycles. The van der Waals surface area contributed by atoms with E-state index in [1.807, 2.05) is 12.1 Å². The number of piperidine rings is 1. The van der Waals surface area contributed by atoms with Crippen LogP contribution in [-0.4, -0.2) is 35.9 Å². The maximum Gasteiger partial charge on any atom is 0.271 e. The zero-order chi connectivity index (χ0) is 20.1. The quantitative estimate of drug-likeness (QED) is 0.600. The second kappa shape index (κ2) is 8.84. The highest BCUT2D eigenvalue weighted by Gasteiger charge is 2.17. The second-order valence-electron chi connectivity index (χ2n) is 7.28. The first kappa shape index (κ1) is 19.8. The molecule has 7 nitrogen and oxygen atoms in total. The van der Waals surface area contributed by atoms with Gasteiger partial charge in [-0.3, -0.25) is 19.8 Å². The smallest absolute Gasteiger partial charge is 0.271 e. The van der Waals surface area contributed by atoms with Gasteiger partial charge in [-0.25, -0.2) is 0 Å². The Balaban J connectivity index is 1.68. The summed E-state index contributed by atoms with van der Waals surface area (Å²) in [6.07, 6.45) is 2.52. The lowest BCUT2D eigenvalue weighted by Crippen LogP contribution is -2.33. The fourth-order valence-electron chi connectivity index (χ4n) is 3.55. The fraction of sp³-hybridized carbons (Fsp3) is 0.381. The molecule has 0 aliphatic carbocycles. The van der Waals surface area contributed by atoms with E-state index >= 15 is 0 Å². The average molecular weight is 383 g/mol. The van der Waals surface area contributed by atoms with Crippen molar-refractivity contribution in [2.75, 3.05) is 25.5 Å². The van der Waals surface area contributed by atoms with Crippen LogP contribution in [0.1, 0.15) is 35.7 Å². The number of ether oxygens (including phenoxy) is 1. The van der Waals surface area contributed by atoms with Gasteiger partial charge < -0.3 is 10.1 Å². The molecule has 0 spiro atoms. The number of amides is 1. The molecule has 28 heavy (non-hydrogen) atoms. The van der Waals surface area contributed by atoms with Crippen LogP contribution in [0.2, 0.25) is 0 Å². The summed E-state index contributed by atoms with van der Waals surface area (Å²) in [6, 6.07) is 11.6. The van der Waals surface area contributed by atoms with Gasteiger partial charge in [0.1, 0.15) is 5.75 Å². The molecule has 0 bridgehead atoms. The van der Waals surface area contributed by atoms with Gasteiger partial charge in [-0.15, -0.1) is 0 Å². The Kier molecular flexibility index (Phi) is 6.26. The van der Waals surface area contributed by atoms with Gasteiger partial charge in [0.2, 0.25) is 0 Å². The monoisotopic (exact) mass is 383 g/mol. The molecule has 1 amide bonds. The number of anilines is 1. The maximum absolute atomic E-state index is 12.6. The van der Waals surface area contributed by atoms with E-state index in [4.69, 9.17) is 4.74 Å². The molecule has 1 aliphatic heterocycles. The van der Waals surface area contributed by atoms with Crippen molar-refractivity contribution in [1.29, 1.82) is 0 Å². The van der Waals surface area contributed by atoms with E-state index in [2.05, 4.69) is 17.1 Å². The van der Waals surface area contributed by atoms with Crippen LogP contribution in [0.5, 0.6) is 5.75 Å². The summed E-state index contributed by atoms with van der Waals surface area (Å²) in [5.41, 5.74) is 1.82. The molecule has 1 saturated heterocycles. The first-order valence-corrected chi connectivity index (χ1v) is 9.41. The third kappa shape index (κ3) is 4.86. The molecule has 1 fully saturated rings. The Morgan fingerprint density at radius 3 is 2.68 bits per heavy atom. The minimum atomic E-state index is -0.509. The summed E-state index contributed by atoms with van der Waals surface area (Å²) in [5.74, 6) is 0.760. The van der Waals surface area contributed by atoms with Crippen molar-refractivity contribution < 1.29 is 14.5 Å². The van der Waals surface area contributed by atoms with Crippen LogP contribution in [0.4, 0.5) is 11.4 Å². The highest BCUT2D eigenvalue weighted by Crippen LogP contribution is 2.29. The number of hydrogen-bond acceptors (Lipinski definition) is 5. The second-order valence-corrected chi connectivity index (χ2v) is 7.28. The molecule has 0 radical (unpaired) electrons. The molecule has 2 aromatic rings. The topological polar surface area (TPSA) is 84.7 Å². The van der Waals surface area contributed by atoms with Crippen molar-refractivity contribution in [2.45, 2.75) is 26.3 Å². The van der Waals surface area contributed by atoms with Crippen molar-refractivity contribution in [3.05, 3.63) is 63.7 Å². The third-order valence-corrected chi connectivity index (χ3v) is 5.01. The van der Waals surface area contributed by atoms with E-state index in [1.165, 1.54) is 43.7 Å². The molecule has 0 unspecified atom stereocenters. The lowest BCUT2D eigenvalue weighted by Gasteiger charge is -2.30. The summed E-state index contributed by atoms with van der Waals surface area (Å²) in [5, 5.41) is 13.7. The molecule has 1 aliphatic rings. The van der Waals surface area contributed by atoms with E-state index in [9.17, 15) is 14.9 Å². The van der Waals surface area contributed by atoms with Crippen LogP contribution >= 0.6 is 0 Å². The predicted octanol–water partition coefficient (Wildman–Crippen LogP) is 4.09. The number of carbonyl (C=O) groups excluding carboxylic acids is 1. The van der Waals surface area contributed by atoms with Gasteiger partial charge in [0.25, 0.3) is 11.6 Å². The Morgan fingerprint density at radius 2 is 2.04 bits per heavy atom. The summed E-state index contributed by atoms with van der Waals surface area (Å²) in [6.45, 7) is 5.38. The number of rotatable bonds is 6. The number of nitrogens with zero attached hydrogens (tertiary/aromatic N) is 2. The van der Waals surface area contributed by atoms with Crippen LogP contribution < -0.4 is 10.1 Å². The lowest BCUT2D eigenvalue weighted by molar-refractivity contribution is -0.384. The number of nitro benzene ring substituents is 1. The van der Waals surface area contributed by atoms with Gasteiger partial charge in [0.15, 0.2) is 0 Å². The van der Waals surface area contributed by atoms with E-state index < -0.39 is 4.92 Å². The fourth-order valence-corrected chi connectivity index (χ4v) is 3.55. The number of methoxy groups -OCH3 is 1. The zero-order valence-electron chi connectivity index (χ0n) is 16.2. The SMILES string of the molecule is COc1ccc([N+](=O)[O-])cc1NC(=O)c1ccc(CN2CCC[C@H](C)C2)cc1. The van der Waals surface area contributed by atoms with E-state index in [0.29, 0.717) is 11.3 Å². The lowest BCUT2D eigenvalue weighted by atomic mass is 9.99. The molecule has 1 atom stereocenters. The Morgan fingerprint density at radius 1 is 1.29 bits per heavy atom. The summed E-state index contributed by atoms with van der Waals surface area (Å²) in [7, 11) is 1.45. The Labute approximate surface area is 164 Å². The molecule has 3 rings (SSSR count). The molecular formula is C21H25N3O4. The molecule has 1 N–H and O–H groups in total. The van der Waals surface area contributed by atoms with Gasteiger partial charge in [0, 0.05) is 30.8 Å². The van der Waals surface area contributed by atoms with Crippen molar-refractivity contribution in [3.63, 3.8) is 0 Å². The van der Waals surface area contributed by atoms with Crippen molar-refractivity contribution >= 4 is 17.3 Å². The van der Waals surface area contributed by atoms with Crippen LogP contribution in [0.3, 0.4) is 0 Å². The van der Waals surface area contributed by atoms with Gasteiger partial charge in [-0.1, -0.05) is 19.1 Å². The number of non-ortho nitro benzene ring substituents is 1. The van der Waals surface area contributed by atoms with Crippen LogP contribution in [0, 0.1) is 16.0 Å². The number of nitrogens with one attached hydrogen (secondary N) is 1. The van der Waals surface area contributed by atoms with E-state index in [1.54, 1.807) is 12.1 Å². The summed E-state index contributed by atoms with van der Waals surface area (Å²) in [4.78, 5) is 25.5. The maximum atomic E-state index is 12.6. The molecule has 7 heteroatoms. The average Bonchev–Trinajstić information content (AvgIpc) is 2.68. The minimum Gasteiger partial charge on any atom is -0.495 e. The molecule has 0 saturated carbocycles. The summed E-state index contributed by atoms with van der Waals surface area (Å²) < 4.78 is 5.19. The number of carbonyl (C=O) groups is 1.